The molecule has 0 fully saturated rings. The van der Waals surface area contributed by atoms with Crippen molar-refractivity contribution < 1.29 is 0 Å². The molecule has 0 saturated carbocycles. The van der Waals surface area contributed by atoms with E-state index in [-0.39, 0.29) is 5.41 Å². The normalized spacial score (nSPS) is 24.2. The monoisotopic (exact) mass is 166 g/mol. The van der Waals surface area contributed by atoms with Gasteiger partial charge < -0.3 is 4.90 Å². The molecule has 0 aromatic carbocycles. The average molecular weight is 166 g/mol. The van der Waals surface area contributed by atoms with E-state index in [9.17, 15) is 0 Å². The summed E-state index contributed by atoms with van der Waals surface area (Å²) in [5.41, 5.74) is 1.57. The van der Waals surface area contributed by atoms with Gasteiger partial charge in [-0.05, 0) is 17.9 Å². The Balaban J connectivity index is 2.83. The van der Waals surface area contributed by atoms with Gasteiger partial charge in [-0.1, -0.05) is 20.8 Å². The van der Waals surface area contributed by atoms with Crippen LogP contribution in [0, 0.1) is 5.41 Å². The maximum Gasteiger partial charge on any atom is 0.0894 e. The van der Waals surface area contributed by atoms with Crippen LogP contribution in [0.25, 0.3) is 0 Å². The Labute approximate surface area is 75.0 Å². The van der Waals surface area contributed by atoms with Crippen LogP contribution in [0.3, 0.4) is 0 Å². The molecule has 1 unspecified atom stereocenters. The van der Waals surface area contributed by atoms with Crippen LogP contribution in [0.15, 0.2) is 16.8 Å². The summed E-state index contributed by atoms with van der Waals surface area (Å²) in [5.74, 6) is 0. The highest BCUT2D eigenvalue weighted by Gasteiger charge is 2.26. The SMILES string of the molecule is CC1=CN(C)C=NC1C(C)(C)C. The standard InChI is InChI=1S/C10H18N2/c1-8-6-12(5)7-11-9(8)10(2,3)4/h6-7,9H,1-5H3. The summed E-state index contributed by atoms with van der Waals surface area (Å²) in [7, 11) is 2.01. The van der Waals surface area contributed by atoms with Crippen LogP contribution in [0.5, 0.6) is 0 Å². The molecule has 1 rings (SSSR count). The zero-order valence-electron chi connectivity index (χ0n) is 8.63. The maximum atomic E-state index is 4.50. The molecule has 0 aliphatic carbocycles. The molecule has 12 heavy (non-hydrogen) atoms. The van der Waals surface area contributed by atoms with Gasteiger partial charge in [-0.3, -0.25) is 4.99 Å². The molecular formula is C10H18N2. The van der Waals surface area contributed by atoms with E-state index >= 15 is 0 Å². The third-order valence-electron chi connectivity index (χ3n) is 2.06. The smallest absolute Gasteiger partial charge is 0.0894 e. The Morgan fingerprint density at radius 1 is 1.42 bits per heavy atom. The lowest BCUT2D eigenvalue weighted by molar-refractivity contribution is 0.347. The first kappa shape index (κ1) is 9.30. The highest BCUT2D eigenvalue weighted by molar-refractivity contribution is 5.59. The van der Waals surface area contributed by atoms with Crippen molar-refractivity contribution in [1.29, 1.82) is 0 Å². The molecule has 0 radical (unpaired) electrons. The minimum absolute atomic E-state index is 0.234. The Kier molecular flexibility index (Phi) is 2.27. The number of hydrogen-bond acceptors (Lipinski definition) is 2. The molecule has 0 aromatic rings. The predicted octanol–water partition coefficient (Wildman–Crippen LogP) is 2.28. The van der Waals surface area contributed by atoms with Gasteiger partial charge in [0.25, 0.3) is 0 Å². The fourth-order valence-electron chi connectivity index (χ4n) is 1.62. The number of nitrogens with zero attached hydrogens (tertiary/aromatic N) is 2. The lowest BCUT2D eigenvalue weighted by Gasteiger charge is -2.31. The zero-order chi connectivity index (χ0) is 9.35. The van der Waals surface area contributed by atoms with E-state index in [4.69, 9.17) is 0 Å². The quantitative estimate of drug-likeness (QED) is 0.539. The molecule has 2 heteroatoms. The molecule has 0 amide bonds. The molecule has 1 aliphatic heterocycles. The van der Waals surface area contributed by atoms with Crippen molar-refractivity contribution in [2.45, 2.75) is 33.7 Å². The molecule has 0 spiro atoms. The van der Waals surface area contributed by atoms with Crippen molar-refractivity contribution in [2.75, 3.05) is 7.05 Å². The van der Waals surface area contributed by atoms with Crippen LogP contribution in [0.2, 0.25) is 0 Å². The fraction of sp³-hybridized carbons (Fsp3) is 0.700. The largest absolute Gasteiger partial charge is 0.342 e. The van der Waals surface area contributed by atoms with E-state index in [0.29, 0.717) is 6.04 Å². The summed E-state index contributed by atoms with van der Waals surface area (Å²) in [6.07, 6.45) is 4.03. The summed E-state index contributed by atoms with van der Waals surface area (Å²) in [6, 6.07) is 0.341. The molecule has 0 bridgehead atoms. The first-order valence-electron chi connectivity index (χ1n) is 4.35. The second-order valence-electron chi connectivity index (χ2n) is 4.57. The van der Waals surface area contributed by atoms with Crippen molar-refractivity contribution in [1.82, 2.24) is 4.90 Å². The second-order valence-corrected chi connectivity index (χ2v) is 4.57. The zero-order valence-corrected chi connectivity index (χ0v) is 8.63. The molecule has 1 heterocycles. The molecular weight excluding hydrogens is 148 g/mol. The fourth-order valence-corrected chi connectivity index (χ4v) is 1.62. The Morgan fingerprint density at radius 2 is 2.00 bits per heavy atom. The van der Waals surface area contributed by atoms with Crippen molar-refractivity contribution in [3.8, 4) is 0 Å². The van der Waals surface area contributed by atoms with Gasteiger partial charge in [-0.25, -0.2) is 0 Å². The number of rotatable bonds is 0. The van der Waals surface area contributed by atoms with Gasteiger partial charge >= 0.3 is 0 Å². The van der Waals surface area contributed by atoms with Crippen molar-refractivity contribution in [2.24, 2.45) is 10.4 Å². The maximum absolute atomic E-state index is 4.50. The molecule has 0 N–H and O–H groups in total. The minimum Gasteiger partial charge on any atom is -0.342 e. The van der Waals surface area contributed by atoms with Gasteiger partial charge in [0, 0.05) is 13.2 Å². The number of hydrogen-bond donors (Lipinski definition) is 0. The third kappa shape index (κ3) is 1.87. The van der Waals surface area contributed by atoms with Crippen LogP contribution in [-0.2, 0) is 0 Å². The average Bonchev–Trinajstić information content (AvgIpc) is 1.83. The summed E-state index contributed by atoms with van der Waals surface area (Å²) >= 11 is 0. The first-order valence-corrected chi connectivity index (χ1v) is 4.35. The Morgan fingerprint density at radius 3 is 2.42 bits per heavy atom. The lowest BCUT2D eigenvalue weighted by atomic mass is 9.83. The van der Waals surface area contributed by atoms with Crippen LogP contribution < -0.4 is 0 Å². The lowest BCUT2D eigenvalue weighted by Crippen LogP contribution is -2.30. The van der Waals surface area contributed by atoms with Gasteiger partial charge in [0.2, 0.25) is 0 Å². The van der Waals surface area contributed by atoms with E-state index in [0.717, 1.165) is 0 Å². The minimum atomic E-state index is 0.234. The van der Waals surface area contributed by atoms with Gasteiger partial charge in [-0.15, -0.1) is 0 Å². The van der Waals surface area contributed by atoms with E-state index in [1.165, 1.54) is 5.57 Å². The van der Waals surface area contributed by atoms with Crippen molar-refractivity contribution in [3.05, 3.63) is 11.8 Å². The summed E-state index contributed by atoms with van der Waals surface area (Å²) in [6.45, 7) is 8.80. The second kappa shape index (κ2) is 2.92. The van der Waals surface area contributed by atoms with Gasteiger partial charge in [0.15, 0.2) is 0 Å². The summed E-state index contributed by atoms with van der Waals surface area (Å²) in [5, 5.41) is 0. The van der Waals surface area contributed by atoms with Gasteiger partial charge in [0.05, 0.1) is 12.4 Å². The molecule has 1 aliphatic rings. The third-order valence-corrected chi connectivity index (χ3v) is 2.06. The molecule has 1 atom stereocenters. The van der Waals surface area contributed by atoms with Gasteiger partial charge in [0.1, 0.15) is 0 Å². The van der Waals surface area contributed by atoms with E-state index in [1.807, 2.05) is 18.3 Å². The molecule has 0 aromatic heterocycles. The first-order chi connectivity index (χ1) is 5.41. The topological polar surface area (TPSA) is 15.6 Å². The molecule has 0 saturated heterocycles. The van der Waals surface area contributed by atoms with Crippen LogP contribution in [0.4, 0.5) is 0 Å². The van der Waals surface area contributed by atoms with Crippen LogP contribution in [-0.4, -0.2) is 24.3 Å². The molecule has 2 nitrogen and oxygen atoms in total. The van der Waals surface area contributed by atoms with Crippen LogP contribution in [0.1, 0.15) is 27.7 Å². The van der Waals surface area contributed by atoms with E-state index in [1.54, 1.807) is 0 Å². The Bertz CT molecular complexity index is 220. The summed E-state index contributed by atoms with van der Waals surface area (Å²) < 4.78 is 0. The highest BCUT2D eigenvalue weighted by atomic mass is 15.1. The van der Waals surface area contributed by atoms with Gasteiger partial charge in [-0.2, -0.15) is 0 Å². The predicted molar refractivity (Wildman–Crippen MR) is 53.3 cm³/mol. The van der Waals surface area contributed by atoms with E-state index < -0.39 is 0 Å². The van der Waals surface area contributed by atoms with Crippen LogP contribution >= 0.6 is 0 Å². The Hall–Kier alpha value is -0.790. The number of aliphatic imine (C=N–C) groups is 1. The van der Waals surface area contributed by atoms with Crippen molar-refractivity contribution in [3.63, 3.8) is 0 Å². The van der Waals surface area contributed by atoms with E-state index in [2.05, 4.69) is 38.9 Å². The highest BCUT2D eigenvalue weighted by Crippen LogP contribution is 2.29. The van der Waals surface area contributed by atoms with Crippen molar-refractivity contribution >= 4 is 6.34 Å². The molecule has 68 valence electrons. The summed E-state index contributed by atoms with van der Waals surface area (Å²) in [4.78, 5) is 6.49.